The van der Waals surface area contributed by atoms with Crippen LogP contribution >= 0.6 is 11.8 Å². The molecule has 6 nitrogen and oxygen atoms in total. The quantitative estimate of drug-likeness (QED) is 0.488. The van der Waals surface area contributed by atoms with Gasteiger partial charge in [-0.05, 0) is 41.2 Å². The summed E-state index contributed by atoms with van der Waals surface area (Å²) in [5.74, 6) is 0.250. The van der Waals surface area contributed by atoms with Crippen molar-refractivity contribution in [2.45, 2.75) is 37.0 Å². The molecular formula is C22H24N3O3S-. The molecular weight excluding hydrogens is 386 g/mol. The van der Waals surface area contributed by atoms with Crippen molar-refractivity contribution in [3.8, 4) is 17.2 Å². The average molecular weight is 411 g/mol. The molecule has 2 rings (SSSR count). The lowest BCUT2D eigenvalue weighted by molar-refractivity contribution is -0.251. The van der Waals surface area contributed by atoms with E-state index in [0.717, 1.165) is 28.0 Å². The largest absolute Gasteiger partial charge is 0.530 e. The molecule has 1 atom stereocenters. The van der Waals surface area contributed by atoms with Crippen LogP contribution in [-0.4, -0.2) is 23.8 Å². The maximum Gasteiger partial charge on any atom is 0.234 e. The molecule has 1 unspecified atom stereocenters. The highest BCUT2D eigenvalue weighted by Crippen LogP contribution is 2.30. The van der Waals surface area contributed by atoms with E-state index in [1.807, 2.05) is 54.6 Å². The van der Waals surface area contributed by atoms with Crippen molar-refractivity contribution in [2.75, 3.05) is 6.54 Å². The molecule has 0 aliphatic rings. The number of carbonyl (C=O) groups is 2. The van der Waals surface area contributed by atoms with Gasteiger partial charge in [0.1, 0.15) is 12.6 Å². The molecule has 0 saturated carbocycles. The Kier molecular flexibility index (Phi) is 8.56. The summed E-state index contributed by atoms with van der Waals surface area (Å²) in [7, 11) is 0. The summed E-state index contributed by atoms with van der Waals surface area (Å²) in [4.78, 5) is 23.8. The van der Waals surface area contributed by atoms with E-state index >= 15 is 0 Å². The van der Waals surface area contributed by atoms with E-state index in [1.165, 1.54) is 11.8 Å². The van der Waals surface area contributed by atoms with Crippen molar-refractivity contribution in [2.24, 2.45) is 5.92 Å². The van der Waals surface area contributed by atoms with Crippen LogP contribution in [0, 0.1) is 17.2 Å². The van der Waals surface area contributed by atoms with Crippen molar-refractivity contribution in [1.29, 1.82) is 5.26 Å². The number of benzene rings is 2. The van der Waals surface area contributed by atoms with Gasteiger partial charge in [-0.3, -0.25) is 4.79 Å². The van der Waals surface area contributed by atoms with Crippen LogP contribution < -0.4 is 15.7 Å². The van der Waals surface area contributed by atoms with Crippen LogP contribution in [-0.2, 0) is 11.3 Å². The summed E-state index contributed by atoms with van der Waals surface area (Å²) in [6.07, 6.45) is -0.565. The second kappa shape index (κ2) is 11.1. The third-order valence-corrected chi connectivity index (χ3v) is 5.41. The highest BCUT2D eigenvalue weighted by atomic mass is 32.2. The van der Waals surface area contributed by atoms with E-state index in [0.29, 0.717) is 5.92 Å². The number of nitrogens with zero attached hydrogens (tertiary/aromatic N) is 1. The molecule has 0 spiro atoms. The lowest BCUT2D eigenvalue weighted by atomic mass is 10.0. The number of amides is 2. The van der Waals surface area contributed by atoms with Gasteiger partial charge in [0, 0.05) is 11.4 Å². The van der Waals surface area contributed by atoms with Crippen LogP contribution in [0.25, 0.3) is 11.1 Å². The van der Waals surface area contributed by atoms with Gasteiger partial charge in [-0.15, -0.1) is 11.8 Å². The minimum Gasteiger partial charge on any atom is -0.530 e. The normalized spacial score (nSPS) is 11.5. The molecule has 0 fully saturated rings. The maximum atomic E-state index is 12.3. The van der Waals surface area contributed by atoms with Crippen LogP contribution in [0.4, 0.5) is 4.79 Å². The summed E-state index contributed by atoms with van der Waals surface area (Å²) < 4.78 is 0. The van der Waals surface area contributed by atoms with Crippen LogP contribution in [0.15, 0.2) is 53.4 Å². The fourth-order valence-corrected chi connectivity index (χ4v) is 4.05. The Labute approximate surface area is 175 Å². The summed E-state index contributed by atoms with van der Waals surface area (Å²) >= 11 is 1.50. The Morgan fingerprint density at radius 1 is 1.03 bits per heavy atom. The van der Waals surface area contributed by atoms with Crippen molar-refractivity contribution in [1.82, 2.24) is 10.6 Å². The molecule has 29 heavy (non-hydrogen) atoms. The molecule has 2 amide bonds. The highest BCUT2D eigenvalue weighted by molar-refractivity contribution is 8.00. The second-order valence-electron chi connectivity index (χ2n) is 6.97. The minimum absolute atomic E-state index is 0.0153. The van der Waals surface area contributed by atoms with Gasteiger partial charge in [0.2, 0.25) is 5.91 Å². The van der Waals surface area contributed by atoms with E-state index in [9.17, 15) is 14.7 Å². The Morgan fingerprint density at radius 2 is 1.62 bits per heavy atom. The first-order valence-corrected chi connectivity index (χ1v) is 10.2. The lowest BCUT2D eigenvalue weighted by Gasteiger charge is -2.17. The first kappa shape index (κ1) is 22.3. The van der Waals surface area contributed by atoms with Crippen LogP contribution in [0.5, 0.6) is 0 Å². The molecule has 0 aliphatic carbocycles. The maximum absolute atomic E-state index is 12.3. The molecule has 0 bridgehead atoms. The molecule has 0 heterocycles. The third-order valence-electron chi connectivity index (χ3n) is 4.18. The van der Waals surface area contributed by atoms with Gasteiger partial charge in [0.05, 0.1) is 11.3 Å². The minimum atomic E-state index is -1.29. The number of carboxylic acid groups (broad SMARTS) is 1. The summed E-state index contributed by atoms with van der Waals surface area (Å²) in [6, 6.07) is 17.5. The van der Waals surface area contributed by atoms with Crippen molar-refractivity contribution >= 4 is 23.8 Å². The Hall–Kier alpha value is -2.98. The van der Waals surface area contributed by atoms with Gasteiger partial charge in [-0.1, -0.05) is 50.2 Å². The molecule has 0 radical (unpaired) electrons. The molecule has 0 aliphatic heterocycles. The number of rotatable bonds is 9. The predicted molar refractivity (Wildman–Crippen MR) is 112 cm³/mol. The fraction of sp³-hybridized carbons (Fsp3) is 0.318. The highest BCUT2D eigenvalue weighted by Gasteiger charge is 2.20. The smallest absolute Gasteiger partial charge is 0.234 e. The SMILES string of the molecule is CC(C)CC(Sc1ccc(-c2ccc(CNC(=O)[O-])cc2)cc1)C(=O)NCC#N. The number of hydrogen-bond donors (Lipinski definition) is 2. The van der Waals surface area contributed by atoms with Gasteiger partial charge in [-0.2, -0.15) is 5.26 Å². The summed E-state index contributed by atoms with van der Waals surface area (Å²) in [6.45, 7) is 4.37. The molecule has 0 aromatic heterocycles. The Bertz CT molecular complexity index is 858. The molecule has 2 aromatic carbocycles. The first-order chi connectivity index (χ1) is 13.9. The molecule has 2 N–H and O–H groups in total. The van der Waals surface area contributed by atoms with E-state index < -0.39 is 6.09 Å². The van der Waals surface area contributed by atoms with Crippen LogP contribution in [0.2, 0.25) is 0 Å². The van der Waals surface area contributed by atoms with Gasteiger partial charge in [0.25, 0.3) is 0 Å². The van der Waals surface area contributed by atoms with Gasteiger partial charge in [0.15, 0.2) is 0 Å². The van der Waals surface area contributed by atoms with Crippen molar-refractivity contribution in [3.63, 3.8) is 0 Å². The number of thioether (sulfide) groups is 1. The van der Waals surface area contributed by atoms with Crippen molar-refractivity contribution in [3.05, 3.63) is 54.1 Å². The Morgan fingerprint density at radius 3 is 2.14 bits per heavy atom. The predicted octanol–water partition coefficient (Wildman–Crippen LogP) is 2.93. The van der Waals surface area contributed by atoms with E-state index in [-0.39, 0.29) is 24.2 Å². The average Bonchev–Trinajstić information content (AvgIpc) is 2.70. The molecule has 152 valence electrons. The zero-order valence-corrected chi connectivity index (χ0v) is 17.3. The van der Waals surface area contributed by atoms with E-state index in [1.54, 1.807) is 0 Å². The summed E-state index contributed by atoms with van der Waals surface area (Å²) in [5, 5.41) is 23.8. The lowest BCUT2D eigenvalue weighted by Crippen LogP contribution is -2.35. The topological polar surface area (TPSA) is 105 Å². The van der Waals surface area contributed by atoms with E-state index in [2.05, 4.69) is 24.5 Å². The zero-order chi connectivity index (χ0) is 21.2. The standard InChI is InChI=1S/C22H25N3O3S/c1-15(2)13-20(21(26)24-12-11-23)29-19-9-7-18(8-10-19)17-5-3-16(4-6-17)14-25-22(27)28/h3-10,15,20,25H,12-14H2,1-2H3,(H,24,26)(H,27,28)/p-1. The molecule has 0 saturated heterocycles. The number of nitrogens with one attached hydrogen (secondary N) is 2. The number of hydrogen-bond acceptors (Lipinski definition) is 5. The number of carbonyl (C=O) groups excluding carboxylic acids is 2. The van der Waals surface area contributed by atoms with Crippen LogP contribution in [0.3, 0.4) is 0 Å². The molecule has 2 aromatic rings. The van der Waals surface area contributed by atoms with Gasteiger partial charge < -0.3 is 20.5 Å². The van der Waals surface area contributed by atoms with Gasteiger partial charge in [-0.25, -0.2) is 0 Å². The van der Waals surface area contributed by atoms with Crippen LogP contribution in [0.1, 0.15) is 25.8 Å². The zero-order valence-electron chi connectivity index (χ0n) is 16.5. The second-order valence-corrected chi connectivity index (χ2v) is 8.25. The summed E-state index contributed by atoms with van der Waals surface area (Å²) in [5.41, 5.74) is 2.90. The van der Waals surface area contributed by atoms with Gasteiger partial charge >= 0.3 is 0 Å². The molecule has 7 heteroatoms. The number of nitriles is 1. The Balaban J connectivity index is 2.05. The van der Waals surface area contributed by atoms with E-state index in [4.69, 9.17) is 5.26 Å². The van der Waals surface area contributed by atoms with Crippen molar-refractivity contribution < 1.29 is 14.7 Å². The fourth-order valence-electron chi connectivity index (χ4n) is 2.76. The first-order valence-electron chi connectivity index (χ1n) is 9.34. The monoisotopic (exact) mass is 410 g/mol. The third kappa shape index (κ3) is 7.51.